The number of aromatic amines is 1. The minimum Gasteiger partial charge on any atom is -0.383 e. The van der Waals surface area contributed by atoms with Crippen LogP contribution < -0.4 is 16.1 Å². The number of amides is 2. The zero-order valence-electron chi connectivity index (χ0n) is 24.1. The van der Waals surface area contributed by atoms with E-state index in [1.165, 1.54) is 35.0 Å². The Balaban J connectivity index is 1.45. The van der Waals surface area contributed by atoms with Gasteiger partial charge in [-0.2, -0.15) is 4.39 Å². The second-order valence-corrected chi connectivity index (χ2v) is 10.2. The second-order valence-electron chi connectivity index (χ2n) is 10.2. The van der Waals surface area contributed by atoms with Gasteiger partial charge in [-0.3, -0.25) is 28.4 Å². The molecule has 1 aliphatic rings. The first-order valence-electron chi connectivity index (χ1n) is 14.2. The van der Waals surface area contributed by atoms with Gasteiger partial charge in [-0.05, 0) is 43.5 Å². The van der Waals surface area contributed by atoms with E-state index >= 15 is 0 Å². The van der Waals surface area contributed by atoms with E-state index in [-0.39, 0.29) is 42.3 Å². The Hall–Kier alpha value is -4.72. The van der Waals surface area contributed by atoms with Crippen LogP contribution in [0.5, 0.6) is 0 Å². The number of hydrogen-bond donors (Lipinski definition) is 1. The number of aromatic nitrogens is 6. The van der Waals surface area contributed by atoms with Crippen LogP contribution in [0.1, 0.15) is 43.0 Å². The summed E-state index contributed by atoms with van der Waals surface area (Å²) in [5.41, 5.74) is 0.233. The Kier molecular flexibility index (Phi) is 9.04. The van der Waals surface area contributed by atoms with Gasteiger partial charge in [-0.1, -0.05) is 6.92 Å². The van der Waals surface area contributed by atoms with Gasteiger partial charge in [0.15, 0.2) is 5.65 Å². The van der Waals surface area contributed by atoms with Crippen LogP contribution in [0.2, 0.25) is 0 Å². The number of likely N-dealkylation sites (tertiary alicyclic amines) is 1. The van der Waals surface area contributed by atoms with E-state index in [2.05, 4.69) is 19.9 Å². The first-order valence-corrected chi connectivity index (χ1v) is 14.2. The predicted molar refractivity (Wildman–Crippen MR) is 156 cm³/mol. The van der Waals surface area contributed by atoms with Crippen molar-refractivity contribution in [1.29, 1.82) is 0 Å². The van der Waals surface area contributed by atoms with Gasteiger partial charge in [0.1, 0.15) is 17.2 Å². The number of hydrogen-bond acceptors (Lipinski definition) is 8. The van der Waals surface area contributed by atoms with Gasteiger partial charge in [0, 0.05) is 57.7 Å². The van der Waals surface area contributed by atoms with Gasteiger partial charge < -0.3 is 14.6 Å². The van der Waals surface area contributed by atoms with Crippen LogP contribution in [0.4, 0.5) is 10.2 Å². The number of anilines is 1. The van der Waals surface area contributed by atoms with Gasteiger partial charge in [-0.15, -0.1) is 0 Å². The molecule has 43 heavy (non-hydrogen) atoms. The quantitative estimate of drug-likeness (QED) is 0.246. The monoisotopic (exact) mass is 592 g/mol. The number of aryl methyl sites for hydroxylation is 1. The fraction of sp³-hybridized carbons (Fsp3) is 0.414. The Morgan fingerprint density at radius 2 is 1.91 bits per heavy atom. The van der Waals surface area contributed by atoms with Crippen molar-refractivity contribution in [3.05, 3.63) is 69.0 Å². The molecule has 0 radical (unpaired) electrons. The average Bonchev–Trinajstić information content (AvgIpc) is 3.64. The van der Waals surface area contributed by atoms with Crippen LogP contribution in [0.25, 0.3) is 22.6 Å². The molecule has 1 N–H and O–H groups in total. The number of nitrogens with one attached hydrogen (secondary N) is 1. The Morgan fingerprint density at radius 1 is 1.07 bits per heavy atom. The summed E-state index contributed by atoms with van der Waals surface area (Å²) in [4.78, 5) is 70.7. The molecule has 0 spiro atoms. The topological polar surface area (TPSA) is 148 Å². The van der Waals surface area contributed by atoms with Crippen LogP contribution in [0, 0.1) is 5.95 Å². The number of carbonyl (C=O) groups excluding carboxylic acids is 2. The summed E-state index contributed by atoms with van der Waals surface area (Å²) in [6.45, 7) is 4.08. The average molecular weight is 593 g/mol. The number of pyridine rings is 2. The summed E-state index contributed by atoms with van der Waals surface area (Å²) in [5.74, 6) is -0.327. The number of ether oxygens (including phenoxy) is 1. The molecule has 5 heterocycles. The maximum absolute atomic E-state index is 13.4. The van der Waals surface area contributed by atoms with E-state index in [0.717, 1.165) is 17.1 Å². The molecule has 0 aromatic carbocycles. The highest BCUT2D eigenvalue weighted by Crippen LogP contribution is 2.22. The molecule has 0 unspecified atom stereocenters. The van der Waals surface area contributed by atoms with Crippen molar-refractivity contribution in [2.24, 2.45) is 0 Å². The lowest BCUT2D eigenvalue weighted by atomic mass is 10.2. The first-order chi connectivity index (χ1) is 20.8. The van der Waals surface area contributed by atoms with Gasteiger partial charge in [-0.25, -0.2) is 19.7 Å². The van der Waals surface area contributed by atoms with Gasteiger partial charge in [0.05, 0.1) is 18.7 Å². The van der Waals surface area contributed by atoms with Crippen molar-refractivity contribution >= 4 is 28.8 Å². The zero-order valence-corrected chi connectivity index (χ0v) is 24.1. The van der Waals surface area contributed by atoms with E-state index in [4.69, 9.17) is 4.74 Å². The number of imidazole rings is 1. The summed E-state index contributed by atoms with van der Waals surface area (Å²) < 4.78 is 21.1. The normalized spacial score (nSPS) is 13.3. The number of rotatable bonds is 12. The maximum atomic E-state index is 13.4. The molecule has 0 bridgehead atoms. The third-order valence-corrected chi connectivity index (χ3v) is 7.33. The third kappa shape index (κ3) is 6.23. The summed E-state index contributed by atoms with van der Waals surface area (Å²) in [6, 6.07) is 5.83. The first kappa shape index (κ1) is 29.8. The highest BCUT2D eigenvalue weighted by Gasteiger charge is 2.23. The molecule has 0 atom stereocenters. The van der Waals surface area contributed by atoms with Gasteiger partial charge in [0.25, 0.3) is 11.5 Å². The summed E-state index contributed by atoms with van der Waals surface area (Å²) in [7, 11) is 1.50. The molecule has 0 aliphatic carbocycles. The molecule has 1 fully saturated rings. The van der Waals surface area contributed by atoms with Crippen LogP contribution >= 0.6 is 0 Å². The van der Waals surface area contributed by atoms with Crippen LogP contribution in [-0.4, -0.2) is 79.1 Å². The number of methoxy groups -OCH3 is 1. The highest BCUT2D eigenvalue weighted by molar-refractivity contribution is 6.05. The molecule has 1 aliphatic heterocycles. The van der Waals surface area contributed by atoms with E-state index < -0.39 is 23.1 Å². The molecule has 4 aromatic rings. The number of carbonyl (C=O) groups is 2. The van der Waals surface area contributed by atoms with Gasteiger partial charge >= 0.3 is 5.69 Å². The molecule has 5 rings (SSSR count). The van der Waals surface area contributed by atoms with E-state index in [1.54, 1.807) is 17.0 Å². The van der Waals surface area contributed by atoms with Crippen molar-refractivity contribution in [1.82, 2.24) is 34.0 Å². The lowest BCUT2D eigenvalue weighted by molar-refractivity contribution is -0.127. The molecule has 1 saturated heterocycles. The number of H-pyrrole nitrogens is 1. The molecular weight excluding hydrogens is 559 g/mol. The van der Waals surface area contributed by atoms with Crippen molar-refractivity contribution in [2.75, 3.05) is 38.3 Å². The summed E-state index contributed by atoms with van der Waals surface area (Å²) in [5, 5.41) is 0. The van der Waals surface area contributed by atoms with Crippen LogP contribution in [0.15, 0.2) is 46.2 Å². The predicted octanol–water partition coefficient (Wildman–Crippen LogP) is 2.20. The van der Waals surface area contributed by atoms with Crippen molar-refractivity contribution < 1.29 is 18.7 Å². The molecule has 13 nitrogen and oxygen atoms in total. The molecule has 0 saturated carbocycles. The Labute approximate surface area is 246 Å². The van der Waals surface area contributed by atoms with E-state index in [0.29, 0.717) is 56.1 Å². The molecule has 226 valence electrons. The fourth-order valence-corrected chi connectivity index (χ4v) is 5.13. The van der Waals surface area contributed by atoms with Crippen molar-refractivity contribution in [3.63, 3.8) is 0 Å². The third-order valence-electron chi connectivity index (χ3n) is 7.33. The Bertz CT molecular complexity index is 1730. The number of nitrogens with zero attached hydrogens (tertiary/aromatic N) is 7. The number of halogens is 1. The van der Waals surface area contributed by atoms with E-state index in [9.17, 15) is 23.6 Å². The lowest BCUT2D eigenvalue weighted by Crippen LogP contribution is -2.41. The number of fused-ring (bicyclic) bond motifs is 1. The van der Waals surface area contributed by atoms with Crippen molar-refractivity contribution in [2.45, 2.75) is 45.7 Å². The van der Waals surface area contributed by atoms with Crippen molar-refractivity contribution in [3.8, 4) is 11.4 Å². The molecule has 2 amide bonds. The van der Waals surface area contributed by atoms with E-state index in [1.807, 2.05) is 6.92 Å². The smallest absolute Gasteiger partial charge is 0.332 e. The zero-order chi connectivity index (χ0) is 30.5. The van der Waals surface area contributed by atoms with Gasteiger partial charge in [0.2, 0.25) is 11.9 Å². The minimum atomic E-state index is -0.696. The molecular formula is C29H33FN8O5. The second kappa shape index (κ2) is 13.1. The standard InChI is InChI=1S/C29H33FN8O5/c1-3-11-37-26-24(28(41)38(29(37)42)15-16-43-2)33-25(34-26)19-8-10-22(32-17-19)36(14-5-13-35-12-4-6-23(35)39)27(40)20-7-9-21(30)31-18-20/h7-10,17-18H,3-6,11-16H2,1-2H3,(H,33,34). The van der Waals surface area contributed by atoms with Crippen LogP contribution in [-0.2, 0) is 22.6 Å². The lowest BCUT2D eigenvalue weighted by Gasteiger charge is -2.23. The molecule has 4 aromatic heterocycles. The fourth-order valence-electron chi connectivity index (χ4n) is 5.13. The highest BCUT2D eigenvalue weighted by atomic mass is 19.1. The Morgan fingerprint density at radius 3 is 2.56 bits per heavy atom. The minimum absolute atomic E-state index is 0.101. The molecule has 14 heteroatoms. The maximum Gasteiger partial charge on any atom is 0.332 e. The largest absolute Gasteiger partial charge is 0.383 e. The summed E-state index contributed by atoms with van der Waals surface area (Å²) in [6.07, 6.45) is 5.23. The summed E-state index contributed by atoms with van der Waals surface area (Å²) >= 11 is 0. The SMILES string of the molecule is CCCn1c(=O)n(CCOC)c(=O)c2[nH]c(-c3ccc(N(CCCN4CCCC4=O)C(=O)c4ccc(F)nc4)nc3)nc21. The van der Waals surface area contributed by atoms with Crippen LogP contribution in [0.3, 0.4) is 0 Å².